The molecule has 0 saturated carbocycles. The van der Waals surface area contributed by atoms with Gasteiger partial charge in [0.15, 0.2) is 5.82 Å². The van der Waals surface area contributed by atoms with Crippen LogP contribution in [0.25, 0.3) is 11.5 Å². The third-order valence-electron chi connectivity index (χ3n) is 3.46. The van der Waals surface area contributed by atoms with Crippen molar-refractivity contribution in [1.82, 2.24) is 30.2 Å². The summed E-state index contributed by atoms with van der Waals surface area (Å²) in [5.74, 6) is 1.08. The largest absolute Gasteiger partial charge is 0.334 e. The molecule has 1 aromatic carbocycles. The van der Waals surface area contributed by atoms with Crippen molar-refractivity contribution < 1.29 is 9.32 Å². The molecule has 0 aliphatic carbocycles. The smallest absolute Gasteiger partial charge is 0.319 e. The Bertz CT molecular complexity index is 829. The first-order chi connectivity index (χ1) is 12.1. The van der Waals surface area contributed by atoms with Gasteiger partial charge in [-0.2, -0.15) is 10.1 Å². The Hall–Kier alpha value is -3.23. The zero-order valence-corrected chi connectivity index (χ0v) is 14.0. The number of anilines is 1. The SMILES string of the molecule is CCc1noc(-c2cccc(NC(=O)NC(C)Cn3cncn3)c2)n1. The Morgan fingerprint density at radius 3 is 3.00 bits per heavy atom. The minimum absolute atomic E-state index is 0.104. The third-order valence-corrected chi connectivity index (χ3v) is 3.46. The van der Waals surface area contributed by atoms with Crippen LogP contribution in [0.2, 0.25) is 0 Å². The van der Waals surface area contributed by atoms with Crippen molar-refractivity contribution in [3.8, 4) is 11.5 Å². The fraction of sp³-hybridized carbons (Fsp3) is 0.312. The van der Waals surface area contributed by atoms with Crippen LogP contribution < -0.4 is 10.6 Å². The standard InChI is InChI=1S/C16H19N7O2/c1-3-14-21-15(25-22-14)12-5-4-6-13(7-12)20-16(24)19-11(2)8-23-10-17-9-18-23/h4-7,9-11H,3,8H2,1-2H3,(H2,19,20,24). The molecule has 0 spiro atoms. The Morgan fingerprint density at radius 1 is 1.40 bits per heavy atom. The quantitative estimate of drug-likeness (QED) is 0.710. The lowest BCUT2D eigenvalue weighted by molar-refractivity contribution is 0.247. The molecule has 130 valence electrons. The summed E-state index contributed by atoms with van der Waals surface area (Å²) in [4.78, 5) is 20.3. The molecular weight excluding hydrogens is 322 g/mol. The second kappa shape index (κ2) is 7.56. The number of nitrogens with one attached hydrogen (secondary N) is 2. The summed E-state index contributed by atoms with van der Waals surface area (Å²) in [6.07, 6.45) is 3.77. The average molecular weight is 341 g/mol. The number of nitrogens with zero attached hydrogens (tertiary/aromatic N) is 5. The molecule has 0 bridgehead atoms. The predicted molar refractivity (Wildman–Crippen MR) is 90.8 cm³/mol. The molecule has 3 aromatic rings. The first-order valence-electron chi connectivity index (χ1n) is 7.97. The molecule has 25 heavy (non-hydrogen) atoms. The Balaban J connectivity index is 1.60. The monoisotopic (exact) mass is 341 g/mol. The zero-order valence-electron chi connectivity index (χ0n) is 14.0. The molecule has 1 unspecified atom stereocenters. The van der Waals surface area contributed by atoms with Crippen molar-refractivity contribution >= 4 is 11.7 Å². The number of urea groups is 1. The van der Waals surface area contributed by atoms with Crippen molar-refractivity contribution in [3.63, 3.8) is 0 Å². The minimum atomic E-state index is -0.301. The highest BCUT2D eigenvalue weighted by Gasteiger charge is 2.11. The number of rotatable bonds is 6. The van der Waals surface area contributed by atoms with Gasteiger partial charge >= 0.3 is 6.03 Å². The number of hydrogen-bond acceptors (Lipinski definition) is 6. The van der Waals surface area contributed by atoms with Gasteiger partial charge in [-0.25, -0.2) is 9.78 Å². The summed E-state index contributed by atoms with van der Waals surface area (Å²) in [5, 5.41) is 13.5. The lowest BCUT2D eigenvalue weighted by Gasteiger charge is -2.14. The van der Waals surface area contributed by atoms with E-state index in [1.165, 1.54) is 6.33 Å². The highest BCUT2D eigenvalue weighted by atomic mass is 16.5. The van der Waals surface area contributed by atoms with Gasteiger partial charge in [0.2, 0.25) is 0 Å². The van der Waals surface area contributed by atoms with Crippen LogP contribution >= 0.6 is 0 Å². The number of aromatic nitrogens is 5. The normalized spacial score (nSPS) is 11.9. The van der Waals surface area contributed by atoms with Crippen molar-refractivity contribution in [1.29, 1.82) is 0 Å². The number of carbonyl (C=O) groups is 1. The van der Waals surface area contributed by atoms with Gasteiger partial charge in [-0.15, -0.1) is 0 Å². The molecule has 1 atom stereocenters. The van der Waals surface area contributed by atoms with Crippen LogP contribution in [-0.2, 0) is 13.0 Å². The number of amides is 2. The average Bonchev–Trinajstić information content (AvgIpc) is 3.26. The Labute approximate surface area is 144 Å². The number of hydrogen-bond donors (Lipinski definition) is 2. The van der Waals surface area contributed by atoms with E-state index in [0.29, 0.717) is 30.4 Å². The summed E-state index contributed by atoms with van der Waals surface area (Å²) in [7, 11) is 0. The molecule has 3 rings (SSSR count). The van der Waals surface area contributed by atoms with Crippen molar-refractivity contribution in [3.05, 3.63) is 42.7 Å². The molecule has 2 heterocycles. The second-order valence-electron chi connectivity index (χ2n) is 5.57. The lowest BCUT2D eigenvalue weighted by atomic mass is 10.2. The van der Waals surface area contributed by atoms with Crippen LogP contribution in [0.5, 0.6) is 0 Å². The van der Waals surface area contributed by atoms with E-state index in [0.717, 1.165) is 5.56 Å². The van der Waals surface area contributed by atoms with E-state index in [2.05, 4.69) is 30.9 Å². The Morgan fingerprint density at radius 2 is 2.28 bits per heavy atom. The first-order valence-corrected chi connectivity index (χ1v) is 7.97. The van der Waals surface area contributed by atoms with Crippen LogP contribution in [0.3, 0.4) is 0 Å². The first kappa shape index (κ1) is 16.6. The van der Waals surface area contributed by atoms with Crippen molar-refractivity contribution in [2.45, 2.75) is 32.9 Å². The maximum absolute atomic E-state index is 12.1. The van der Waals surface area contributed by atoms with Gasteiger partial charge in [0.1, 0.15) is 12.7 Å². The van der Waals surface area contributed by atoms with Gasteiger partial charge < -0.3 is 15.2 Å². The predicted octanol–water partition coefficient (Wildman–Crippen LogP) is 2.10. The maximum Gasteiger partial charge on any atom is 0.319 e. The molecule has 9 heteroatoms. The molecule has 0 fully saturated rings. The highest BCUT2D eigenvalue weighted by molar-refractivity contribution is 5.90. The molecular formula is C16H19N7O2. The van der Waals surface area contributed by atoms with E-state index in [4.69, 9.17) is 4.52 Å². The van der Waals surface area contributed by atoms with Gasteiger partial charge in [0.05, 0.1) is 6.54 Å². The van der Waals surface area contributed by atoms with Gasteiger partial charge in [0, 0.05) is 23.7 Å². The van der Waals surface area contributed by atoms with E-state index in [-0.39, 0.29) is 12.1 Å². The number of carbonyl (C=O) groups excluding carboxylic acids is 1. The maximum atomic E-state index is 12.1. The lowest BCUT2D eigenvalue weighted by Crippen LogP contribution is -2.38. The van der Waals surface area contributed by atoms with Crippen LogP contribution in [-0.4, -0.2) is 37.0 Å². The van der Waals surface area contributed by atoms with Gasteiger partial charge in [-0.05, 0) is 25.1 Å². The number of benzene rings is 1. The highest BCUT2D eigenvalue weighted by Crippen LogP contribution is 2.21. The Kier molecular flexibility index (Phi) is 5.03. The number of aryl methyl sites for hydroxylation is 1. The fourth-order valence-corrected chi connectivity index (χ4v) is 2.29. The summed E-state index contributed by atoms with van der Waals surface area (Å²) in [5.41, 5.74) is 1.39. The van der Waals surface area contributed by atoms with Crippen LogP contribution in [0.15, 0.2) is 41.4 Å². The fourth-order valence-electron chi connectivity index (χ4n) is 2.29. The van der Waals surface area contributed by atoms with E-state index >= 15 is 0 Å². The molecule has 2 aromatic heterocycles. The summed E-state index contributed by atoms with van der Waals surface area (Å²) >= 11 is 0. The van der Waals surface area contributed by atoms with Crippen LogP contribution in [0.4, 0.5) is 10.5 Å². The van der Waals surface area contributed by atoms with Crippen molar-refractivity contribution in [2.24, 2.45) is 0 Å². The van der Waals surface area contributed by atoms with Gasteiger partial charge in [0.25, 0.3) is 5.89 Å². The van der Waals surface area contributed by atoms with E-state index in [1.54, 1.807) is 23.1 Å². The molecule has 0 aliphatic heterocycles. The van der Waals surface area contributed by atoms with Crippen LogP contribution in [0, 0.1) is 0 Å². The minimum Gasteiger partial charge on any atom is -0.334 e. The van der Waals surface area contributed by atoms with E-state index < -0.39 is 0 Å². The molecule has 0 aliphatic rings. The van der Waals surface area contributed by atoms with E-state index in [9.17, 15) is 4.79 Å². The molecule has 0 saturated heterocycles. The van der Waals surface area contributed by atoms with Crippen molar-refractivity contribution in [2.75, 3.05) is 5.32 Å². The van der Waals surface area contributed by atoms with Gasteiger partial charge in [-0.3, -0.25) is 4.68 Å². The van der Waals surface area contributed by atoms with E-state index in [1.807, 2.05) is 26.0 Å². The topological polar surface area (TPSA) is 111 Å². The second-order valence-corrected chi connectivity index (χ2v) is 5.57. The third kappa shape index (κ3) is 4.40. The molecule has 2 amide bonds. The zero-order chi connectivity index (χ0) is 17.6. The van der Waals surface area contributed by atoms with Crippen LogP contribution in [0.1, 0.15) is 19.7 Å². The molecule has 2 N–H and O–H groups in total. The summed E-state index contributed by atoms with van der Waals surface area (Å²) in [6.45, 7) is 4.38. The molecule has 0 radical (unpaired) electrons. The summed E-state index contributed by atoms with van der Waals surface area (Å²) in [6, 6.07) is 6.84. The molecule has 9 nitrogen and oxygen atoms in total. The van der Waals surface area contributed by atoms with Gasteiger partial charge in [-0.1, -0.05) is 18.1 Å². The summed E-state index contributed by atoms with van der Waals surface area (Å²) < 4.78 is 6.88.